The number of rotatable bonds is 4. The molecule has 0 radical (unpaired) electrons. The number of nitrogens with two attached hydrogens (primary N) is 1. The molecule has 5 heteroatoms. The van der Waals surface area contributed by atoms with E-state index in [0.29, 0.717) is 11.4 Å². The average Bonchev–Trinajstić information content (AvgIpc) is 2.96. The first-order chi connectivity index (χ1) is 11.4. The Morgan fingerprint density at radius 1 is 1.17 bits per heavy atom. The molecule has 124 valence electrons. The summed E-state index contributed by atoms with van der Waals surface area (Å²) in [5.74, 6) is 0.255. The number of nitrogens with zero attached hydrogens (tertiary/aromatic N) is 2. The zero-order valence-corrected chi connectivity index (χ0v) is 14.5. The van der Waals surface area contributed by atoms with Gasteiger partial charge in [-0.3, -0.25) is 0 Å². The molecule has 3 aromatic rings. The largest absolute Gasteiger partial charge is 0.508 e. The molecule has 1 aromatic heterocycles. The van der Waals surface area contributed by atoms with Crippen LogP contribution in [-0.2, 0) is 6.42 Å². The third kappa shape index (κ3) is 3.45. The van der Waals surface area contributed by atoms with Gasteiger partial charge in [-0.25, -0.2) is 4.68 Å². The van der Waals surface area contributed by atoms with Crippen molar-refractivity contribution in [3.63, 3.8) is 0 Å². The Morgan fingerprint density at radius 3 is 2.54 bits per heavy atom. The highest BCUT2D eigenvalue weighted by molar-refractivity contribution is 6.32. The highest BCUT2D eigenvalue weighted by Gasteiger charge is 2.15. The van der Waals surface area contributed by atoms with Crippen LogP contribution in [0.25, 0.3) is 5.69 Å². The SMILES string of the molecule is Cc1ccc(Cl)c(-n2nc(C(C)N)cc2Cc2ccc(O)cc2)c1. The van der Waals surface area contributed by atoms with Crippen LogP contribution in [0, 0.1) is 6.92 Å². The predicted octanol–water partition coefficient (Wildman–Crippen LogP) is 4.15. The average molecular weight is 342 g/mol. The van der Waals surface area contributed by atoms with E-state index in [0.717, 1.165) is 28.2 Å². The summed E-state index contributed by atoms with van der Waals surface area (Å²) in [6.45, 7) is 3.93. The smallest absolute Gasteiger partial charge is 0.115 e. The highest BCUT2D eigenvalue weighted by Crippen LogP contribution is 2.26. The van der Waals surface area contributed by atoms with Gasteiger partial charge < -0.3 is 10.8 Å². The van der Waals surface area contributed by atoms with E-state index in [-0.39, 0.29) is 11.8 Å². The summed E-state index contributed by atoms with van der Waals surface area (Å²) in [7, 11) is 0. The van der Waals surface area contributed by atoms with E-state index in [1.807, 2.05) is 54.9 Å². The number of hydrogen-bond acceptors (Lipinski definition) is 3. The third-order valence-corrected chi connectivity index (χ3v) is 4.24. The second-order valence-corrected chi connectivity index (χ2v) is 6.47. The molecule has 2 aromatic carbocycles. The van der Waals surface area contributed by atoms with Gasteiger partial charge in [0, 0.05) is 18.2 Å². The zero-order chi connectivity index (χ0) is 17.3. The first-order valence-corrected chi connectivity index (χ1v) is 8.20. The summed E-state index contributed by atoms with van der Waals surface area (Å²) >= 11 is 6.39. The molecule has 0 aliphatic heterocycles. The Kier molecular flexibility index (Phi) is 4.60. The topological polar surface area (TPSA) is 64.1 Å². The van der Waals surface area contributed by atoms with E-state index in [9.17, 15) is 5.11 Å². The Bertz CT molecular complexity index is 854. The van der Waals surface area contributed by atoms with E-state index < -0.39 is 0 Å². The number of phenols is 1. The molecule has 1 atom stereocenters. The Morgan fingerprint density at radius 2 is 1.88 bits per heavy atom. The van der Waals surface area contributed by atoms with Gasteiger partial charge in [0.05, 0.1) is 16.4 Å². The normalized spacial score (nSPS) is 12.3. The van der Waals surface area contributed by atoms with E-state index in [1.165, 1.54) is 0 Å². The predicted molar refractivity (Wildman–Crippen MR) is 96.8 cm³/mol. The van der Waals surface area contributed by atoms with Gasteiger partial charge in [-0.15, -0.1) is 0 Å². The van der Waals surface area contributed by atoms with Crippen LogP contribution in [0.5, 0.6) is 5.75 Å². The lowest BCUT2D eigenvalue weighted by atomic mass is 10.1. The summed E-state index contributed by atoms with van der Waals surface area (Å²) in [5.41, 5.74) is 10.9. The van der Waals surface area contributed by atoms with Crippen LogP contribution in [0.15, 0.2) is 48.5 Å². The fourth-order valence-corrected chi connectivity index (χ4v) is 2.80. The van der Waals surface area contributed by atoms with Gasteiger partial charge in [-0.2, -0.15) is 5.10 Å². The van der Waals surface area contributed by atoms with Crippen molar-refractivity contribution in [3.8, 4) is 11.4 Å². The first-order valence-electron chi connectivity index (χ1n) is 7.83. The van der Waals surface area contributed by atoms with Gasteiger partial charge in [0.15, 0.2) is 0 Å². The minimum Gasteiger partial charge on any atom is -0.508 e. The van der Waals surface area contributed by atoms with Crippen LogP contribution in [0.1, 0.15) is 35.5 Å². The van der Waals surface area contributed by atoms with Gasteiger partial charge in [-0.1, -0.05) is 29.8 Å². The van der Waals surface area contributed by atoms with Crippen molar-refractivity contribution in [2.45, 2.75) is 26.3 Å². The van der Waals surface area contributed by atoms with Crippen molar-refractivity contribution in [3.05, 3.63) is 76.1 Å². The van der Waals surface area contributed by atoms with Crippen LogP contribution in [-0.4, -0.2) is 14.9 Å². The number of aryl methyl sites for hydroxylation is 1. The number of phenolic OH excluding ortho intramolecular Hbond substituents is 1. The zero-order valence-electron chi connectivity index (χ0n) is 13.7. The van der Waals surface area contributed by atoms with Gasteiger partial charge in [-0.05, 0) is 55.3 Å². The summed E-state index contributed by atoms with van der Waals surface area (Å²) in [4.78, 5) is 0. The molecule has 24 heavy (non-hydrogen) atoms. The minimum atomic E-state index is -0.159. The molecule has 0 bridgehead atoms. The highest BCUT2D eigenvalue weighted by atomic mass is 35.5. The van der Waals surface area contributed by atoms with Crippen LogP contribution in [0.3, 0.4) is 0 Å². The summed E-state index contributed by atoms with van der Waals surface area (Å²) in [6.07, 6.45) is 0.671. The van der Waals surface area contributed by atoms with Crippen molar-refractivity contribution >= 4 is 11.6 Å². The number of benzene rings is 2. The second-order valence-electron chi connectivity index (χ2n) is 6.06. The maximum absolute atomic E-state index is 9.45. The number of halogens is 1. The quantitative estimate of drug-likeness (QED) is 0.749. The molecule has 0 saturated heterocycles. The molecule has 3 rings (SSSR count). The lowest BCUT2D eigenvalue weighted by molar-refractivity contribution is 0.475. The lowest BCUT2D eigenvalue weighted by Gasteiger charge is -2.10. The van der Waals surface area contributed by atoms with E-state index in [1.54, 1.807) is 12.1 Å². The van der Waals surface area contributed by atoms with Gasteiger partial charge in [0.2, 0.25) is 0 Å². The maximum Gasteiger partial charge on any atom is 0.115 e. The monoisotopic (exact) mass is 341 g/mol. The lowest BCUT2D eigenvalue weighted by Crippen LogP contribution is -2.08. The van der Waals surface area contributed by atoms with Crippen LogP contribution in [0.4, 0.5) is 0 Å². The molecule has 0 amide bonds. The van der Waals surface area contributed by atoms with E-state index in [2.05, 4.69) is 5.10 Å². The molecular weight excluding hydrogens is 322 g/mol. The fourth-order valence-electron chi connectivity index (χ4n) is 2.61. The van der Waals surface area contributed by atoms with Crippen molar-refractivity contribution in [2.24, 2.45) is 5.73 Å². The molecule has 0 spiro atoms. The number of aromatic hydroxyl groups is 1. The Labute approximate surface area is 146 Å². The molecule has 0 aliphatic carbocycles. The number of hydrogen-bond donors (Lipinski definition) is 2. The van der Waals surface area contributed by atoms with Crippen molar-refractivity contribution in [2.75, 3.05) is 0 Å². The molecule has 0 aliphatic rings. The standard InChI is InChI=1S/C19H20ClN3O/c1-12-3-8-17(20)19(9-12)23-15(11-18(22-23)13(2)21)10-14-4-6-16(24)7-5-14/h3-9,11,13,24H,10,21H2,1-2H3. The molecule has 0 fully saturated rings. The van der Waals surface area contributed by atoms with Gasteiger partial charge in [0.1, 0.15) is 5.75 Å². The minimum absolute atomic E-state index is 0.159. The Hall–Kier alpha value is -2.30. The Balaban J connectivity index is 2.07. The fraction of sp³-hybridized carbons (Fsp3) is 0.211. The maximum atomic E-state index is 9.45. The van der Waals surface area contributed by atoms with Crippen LogP contribution >= 0.6 is 11.6 Å². The third-order valence-electron chi connectivity index (χ3n) is 3.92. The summed E-state index contributed by atoms with van der Waals surface area (Å²) in [5, 5.41) is 14.7. The van der Waals surface area contributed by atoms with Gasteiger partial charge in [0.25, 0.3) is 0 Å². The molecule has 1 heterocycles. The van der Waals surface area contributed by atoms with Crippen LogP contribution < -0.4 is 5.73 Å². The van der Waals surface area contributed by atoms with Crippen molar-refractivity contribution in [1.82, 2.24) is 9.78 Å². The summed E-state index contributed by atoms with van der Waals surface area (Å²) in [6, 6.07) is 14.9. The molecule has 0 saturated carbocycles. The van der Waals surface area contributed by atoms with Crippen LogP contribution in [0.2, 0.25) is 5.02 Å². The second kappa shape index (κ2) is 6.67. The molecule has 1 unspecified atom stereocenters. The molecule has 4 nitrogen and oxygen atoms in total. The van der Waals surface area contributed by atoms with E-state index >= 15 is 0 Å². The van der Waals surface area contributed by atoms with Crippen molar-refractivity contribution in [1.29, 1.82) is 0 Å². The molecule has 3 N–H and O–H groups in total. The van der Waals surface area contributed by atoms with Gasteiger partial charge >= 0.3 is 0 Å². The first kappa shape index (κ1) is 16.6. The van der Waals surface area contributed by atoms with E-state index in [4.69, 9.17) is 17.3 Å². The molecular formula is C19H20ClN3O. The number of aromatic nitrogens is 2. The summed E-state index contributed by atoms with van der Waals surface area (Å²) < 4.78 is 1.86. The van der Waals surface area contributed by atoms with Crippen molar-refractivity contribution < 1.29 is 5.11 Å².